The zero-order valence-corrected chi connectivity index (χ0v) is 19.3. The number of aromatic hydroxyl groups is 1. The van der Waals surface area contributed by atoms with Gasteiger partial charge in [-0.25, -0.2) is 15.8 Å². The molecule has 0 radical (unpaired) electrons. The van der Waals surface area contributed by atoms with E-state index in [2.05, 4.69) is 27.9 Å². The largest absolute Gasteiger partial charge is 0.508 e. The van der Waals surface area contributed by atoms with Gasteiger partial charge >= 0.3 is 0 Å². The number of phenols is 1. The van der Waals surface area contributed by atoms with Gasteiger partial charge in [0.25, 0.3) is 0 Å². The summed E-state index contributed by atoms with van der Waals surface area (Å²) >= 11 is 0. The predicted molar refractivity (Wildman–Crippen MR) is 137 cm³/mol. The van der Waals surface area contributed by atoms with E-state index in [1.807, 2.05) is 30.3 Å². The van der Waals surface area contributed by atoms with E-state index in [0.717, 1.165) is 54.0 Å². The fourth-order valence-electron chi connectivity index (χ4n) is 4.39. The van der Waals surface area contributed by atoms with Crippen LogP contribution in [-0.2, 0) is 0 Å². The number of nitrogen functional groups attached to an aromatic ring is 1. The molecule has 1 saturated heterocycles. The van der Waals surface area contributed by atoms with Crippen molar-refractivity contribution in [3.05, 3.63) is 54.6 Å². The molecule has 176 valence electrons. The highest BCUT2D eigenvalue weighted by Crippen LogP contribution is 2.37. The molecule has 4 aromatic rings. The Morgan fingerprint density at radius 2 is 1.85 bits per heavy atom. The maximum absolute atomic E-state index is 9.74. The summed E-state index contributed by atoms with van der Waals surface area (Å²) < 4.78 is 5.41. The second-order valence-corrected chi connectivity index (χ2v) is 8.55. The standard InChI is InChI=1S/C25H29N7O2/c1-30-10-12-31(13-11-30)22-5-3-4-20-24(22)29-25(28-20)32(27)21-9-6-16(14-19(21)26)18-8-7-17(33)15-23(18)34-2/h3-9,14-15,33H,10-13,26-27H2,1-2H3,(H,28,29). The Bertz CT molecular complexity index is 1330. The Labute approximate surface area is 198 Å². The number of para-hydroxylation sites is 1. The van der Waals surface area contributed by atoms with Gasteiger partial charge in [-0.1, -0.05) is 12.1 Å². The van der Waals surface area contributed by atoms with Crippen LogP contribution < -0.4 is 26.2 Å². The summed E-state index contributed by atoms with van der Waals surface area (Å²) in [6.45, 7) is 3.95. The van der Waals surface area contributed by atoms with E-state index in [4.69, 9.17) is 21.3 Å². The summed E-state index contributed by atoms with van der Waals surface area (Å²) in [5.74, 6) is 7.68. The fraction of sp³-hybridized carbons (Fsp3) is 0.240. The van der Waals surface area contributed by atoms with E-state index in [0.29, 0.717) is 23.1 Å². The summed E-state index contributed by atoms with van der Waals surface area (Å²) in [7, 11) is 3.71. The number of hydrazine groups is 1. The number of likely N-dealkylation sites (N-methyl/N-ethyl adjacent to an activating group) is 1. The smallest absolute Gasteiger partial charge is 0.223 e. The third-order valence-corrected chi connectivity index (χ3v) is 6.33. The Balaban J connectivity index is 1.46. The molecule has 0 amide bonds. The lowest BCUT2D eigenvalue weighted by atomic mass is 10.0. The highest BCUT2D eigenvalue weighted by molar-refractivity contribution is 5.91. The molecular formula is C25H29N7O2. The zero-order valence-electron chi connectivity index (χ0n) is 19.3. The average Bonchev–Trinajstić information content (AvgIpc) is 3.28. The summed E-state index contributed by atoms with van der Waals surface area (Å²) in [6.07, 6.45) is 0. The third kappa shape index (κ3) is 3.95. The first-order valence-corrected chi connectivity index (χ1v) is 11.2. The lowest BCUT2D eigenvalue weighted by molar-refractivity contribution is 0.313. The quantitative estimate of drug-likeness (QED) is 0.204. The molecule has 0 unspecified atom stereocenters. The number of nitrogens with zero attached hydrogens (tertiary/aromatic N) is 4. The number of nitrogens with two attached hydrogens (primary N) is 2. The minimum absolute atomic E-state index is 0.138. The monoisotopic (exact) mass is 459 g/mol. The van der Waals surface area contributed by atoms with Gasteiger partial charge in [0.1, 0.15) is 17.0 Å². The predicted octanol–water partition coefficient (Wildman–Crippen LogP) is 3.29. The van der Waals surface area contributed by atoms with Crippen molar-refractivity contribution in [1.29, 1.82) is 0 Å². The minimum Gasteiger partial charge on any atom is -0.508 e. The summed E-state index contributed by atoms with van der Waals surface area (Å²) in [5.41, 5.74) is 12.1. The molecule has 0 saturated carbocycles. The molecule has 1 fully saturated rings. The van der Waals surface area contributed by atoms with Crippen LogP contribution in [0.5, 0.6) is 11.5 Å². The van der Waals surface area contributed by atoms with Crippen molar-refractivity contribution in [3.63, 3.8) is 0 Å². The molecule has 0 spiro atoms. The van der Waals surface area contributed by atoms with E-state index in [-0.39, 0.29) is 5.75 Å². The van der Waals surface area contributed by atoms with E-state index < -0.39 is 0 Å². The number of aromatic amines is 1. The number of hydrogen-bond donors (Lipinski definition) is 4. The average molecular weight is 460 g/mol. The highest BCUT2D eigenvalue weighted by atomic mass is 16.5. The first kappa shape index (κ1) is 21.9. The molecule has 5 rings (SSSR count). The first-order chi connectivity index (χ1) is 16.4. The van der Waals surface area contributed by atoms with E-state index in [9.17, 15) is 5.11 Å². The maximum atomic E-state index is 9.74. The number of ether oxygens (including phenoxy) is 1. The number of phenolic OH excluding ortho intramolecular Hbond substituents is 1. The number of aromatic nitrogens is 2. The molecule has 1 aromatic heterocycles. The second kappa shape index (κ2) is 8.77. The van der Waals surface area contributed by atoms with E-state index >= 15 is 0 Å². The van der Waals surface area contributed by atoms with Gasteiger partial charge in [-0.3, -0.25) is 0 Å². The van der Waals surface area contributed by atoms with E-state index in [1.165, 1.54) is 5.01 Å². The molecular weight excluding hydrogens is 430 g/mol. The number of rotatable bonds is 5. The molecule has 0 aliphatic carbocycles. The van der Waals surface area contributed by atoms with Crippen LogP contribution in [0.3, 0.4) is 0 Å². The van der Waals surface area contributed by atoms with Crippen molar-refractivity contribution in [1.82, 2.24) is 14.9 Å². The molecule has 6 N–H and O–H groups in total. The Hall–Kier alpha value is -3.95. The van der Waals surface area contributed by atoms with Gasteiger partial charge in [0, 0.05) is 37.8 Å². The highest BCUT2D eigenvalue weighted by Gasteiger charge is 2.20. The van der Waals surface area contributed by atoms with Crippen LogP contribution in [0, 0.1) is 0 Å². The van der Waals surface area contributed by atoms with Crippen LogP contribution >= 0.6 is 0 Å². The van der Waals surface area contributed by atoms with Crippen molar-refractivity contribution >= 4 is 34.0 Å². The minimum atomic E-state index is 0.138. The zero-order chi connectivity index (χ0) is 23.8. The fourth-order valence-corrected chi connectivity index (χ4v) is 4.39. The van der Waals surface area contributed by atoms with Crippen molar-refractivity contribution in [3.8, 4) is 22.6 Å². The molecule has 34 heavy (non-hydrogen) atoms. The van der Waals surface area contributed by atoms with Gasteiger partial charge in [0.2, 0.25) is 5.95 Å². The van der Waals surface area contributed by atoms with E-state index in [1.54, 1.807) is 25.3 Å². The van der Waals surface area contributed by atoms with Gasteiger partial charge < -0.3 is 30.4 Å². The van der Waals surface area contributed by atoms with Crippen LogP contribution in [0.4, 0.5) is 23.0 Å². The summed E-state index contributed by atoms with van der Waals surface area (Å²) in [4.78, 5) is 12.8. The Morgan fingerprint density at radius 3 is 2.59 bits per heavy atom. The number of fused-ring (bicyclic) bond motifs is 1. The molecule has 1 aliphatic heterocycles. The third-order valence-electron chi connectivity index (χ3n) is 6.33. The van der Waals surface area contributed by atoms with Crippen LogP contribution in [0.15, 0.2) is 54.6 Å². The Kier molecular flexibility index (Phi) is 5.64. The number of benzene rings is 3. The second-order valence-electron chi connectivity index (χ2n) is 8.55. The summed E-state index contributed by atoms with van der Waals surface area (Å²) in [6, 6.07) is 16.7. The Morgan fingerprint density at radius 1 is 1.06 bits per heavy atom. The van der Waals surface area contributed by atoms with Gasteiger partial charge in [0.15, 0.2) is 0 Å². The number of piperazine rings is 1. The molecule has 9 heteroatoms. The first-order valence-electron chi connectivity index (χ1n) is 11.2. The van der Waals surface area contributed by atoms with Gasteiger partial charge in [-0.15, -0.1) is 0 Å². The topological polar surface area (TPSA) is 120 Å². The lowest BCUT2D eigenvalue weighted by Gasteiger charge is -2.34. The van der Waals surface area contributed by atoms with Crippen LogP contribution in [0.2, 0.25) is 0 Å². The summed E-state index contributed by atoms with van der Waals surface area (Å²) in [5, 5.41) is 11.2. The molecule has 1 aliphatic rings. The van der Waals surface area contributed by atoms with Crippen molar-refractivity contribution < 1.29 is 9.84 Å². The van der Waals surface area contributed by atoms with Crippen molar-refractivity contribution in [2.24, 2.45) is 5.84 Å². The molecule has 2 heterocycles. The number of hydrogen-bond acceptors (Lipinski definition) is 8. The van der Waals surface area contributed by atoms with Crippen LogP contribution in [0.1, 0.15) is 0 Å². The number of nitrogens with one attached hydrogen (secondary N) is 1. The number of methoxy groups -OCH3 is 1. The van der Waals surface area contributed by atoms with Crippen molar-refractivity contribution in [2.45, 2.75) is 0 Å². The molecule has 3 aromatic carbocycles. The van der Waals surface area contributed by atoms with Crippen LogP contribution in [0.25, 0.3) is 22.2 Å². The van der Waals surface area contributed by atoms with Gasteiger partial charge in [-0.05, 0) is 49.0 Å². The van der Waals surface area contributed by atoms with Gasteiger partial charge in [0.05, 0.1) is 29.7 Å². The molecule has 0 bridgehead atoms. The number of imidazole rings is 1. The number of H-pyrrole nitrogens is 1. The van der Waals surface area contributed by atoms with Crippen molar-refractivity contribution in [2.75, 3.05) is 56.0 Å². The van der Waals surface area contributed by atoms with Crippen LogP contribution in [-0.4, -0.2) is 60.3 Å². The maximum Gasteiger partial charge on any atom is 0.223 e. The number of anilines is 4. The molecule has 0 atom stereocenters. The molecule has 9 nitrogen and oxygen atoms in total. The normalized spacial score (nSPS) is 14.5. The lowest BCUT2D eigenvalue weighted by Crippen LogP contribution is -2.44. The SMILES string of the molecule is COc1cc(O)ccc1-c1ccc(N(N)c2nc3c(N4CCN(C)CC4)cccc3[nH]2)c(N)c1. The van der Waals surface area contributed by atoms with Gasteiger partial charge in [-0.2, -0.15) is 0 Å².